The second-order valence-electron chi connectivity index (χ2n) is 4.15. The maximum Gasteiger partial charge on any atom is 0.358 e. The first kappa shape index (κ1) is 14.7. The fraction of sp³-hybridized carbons (Fsp3) is 0.167. The fourth-order valence-corrected chi connectivity index (χ4v) is 2.59. The van der Waals surface area contributed by atoms with E-state index >= 15 is 0 Å². The highest BCUT2D eigenvalue weighted by Crippen LogP contribution is 2.32. The first-order valence-corrected chi connectivity index (χ1v) is 6.59. The number of carboxylic acid groups (broad SMARTS) is 1. The Morgan fingerprint density at radius 2 is 2.10 bits per heavy atom. The largest absolute Gasteiger partial charge is 0.501 e. The van der Waals surface area contributed by atoms with E-state index in [1.807, 2.05) is 0 Å². The second kappa shape index (κ2) is 5.37. The van der Waals surface area contributed by atoms with Gasteiger partial charge in [-0.1, -0.05) is 0 Å². The monoisotopic (exact) mass is 309 g/mol. The number of anilines is 1. The zero-order valence-corrected chi connectivity index (χ0v) is 11.9. The number of aromatic hydroxyl groups is 1. The van der Waals surface area contributed by atoms with Gasteiger partial charge in [0.1, 0.15) is 0 Å². The van der Waals surface area contributed by atoms with Gasteiger partial charge in [-0.25, -0.2) is 9.78 Å². The normalized spacial score (nSPS) is 10.4. The van der Waals surface area contributed by atoms with Crippen molar-refractivity contribution in [3.05, 3.63) is 27.5 Å². The highest BCUT2D eigenvalue weighted by atomic mass is 32.1. The van der Waals surface area contributed by atoms with E-state index in [0.29, 0.717) is 10.6 Å². The summed E-state index contributed by atoms with van der Waals surface area (Å²) < 4.78 is 1.03. The van der Waals surface area contributed by atoms with Crippen molar-refractivity contribution >= 4 is 28.9 Å². The van der Waals surface area contributed by atoms with Crippen LogP contribution in [0.3, 0.4) is 0 Å². The average molecular weight is 309 g/mol. The van der Waals surface area contributed by atoms with E-state index in [9.17, 15) is 19.5 Å². The molecule has 2 rings (SSSR count). The SMILES string of the molecule is CC(=O)Nc1ccsc1-c1nc(C(=O)O)c(O)c(=O)n1C. The molecule has 110 valence electrons. The van der Waals surface area contributed by atoms with Crippen LogP contribution < -0.4 is 10.9 Å². The molecule has 0 unspecified atom stereocenters. The lowest BCUT2D eigenvalue weighted by atomic mass is 10.3. The van der Waals surface area contributed by atoms with Crippen molar-refractivity contribution in [1.82, 2.24) is 9.55 Å². The molecule has 0 fully saturated rings. The molecule has 0 aliphatic rings. The number of amides is 1. The van der Waals surface area contributed by atoms with Crippen molar-refractivity contribution in [2.24, 2.45) is 7.05 Å². The van der Waals surface area contributed by atoms with Crippen LogP contribution >= 0.6 is 11.3 Å². The number of carbonyl (C=O) groups excluding carboxylic acids is 1. The second-order valence-corrected chi connectivity index (χ2v) is 5.06. The van der Waals surface area contributed by atoms with Crippen LogP contribution in [0.5, 0.6) is 5.75 Å². The molecule has 0 spiro atoms. The van der Waals surface area contributed by atoms with E-state index in [-0.39, 0.29) is 11.7 Å². The fourth-order valence-electron chi connectivity index (χ4n) is 1.71. The summed E-state index contributed by atoms with van der Waals surface area (Å²) in [4.78, 5) is 38.3. The Hall–Kier alpha value is -2.68. The number of aromatic carboxylic acids is 1. The molecular formula is C12H11N3O5S. The van der Waals surface area contributed by atoms with Gasteiger partial charge in [-0.05, 0) is 11.4 Å². The molecule has 9 heteroatoms. The number of hydrogen-bond acceptors (Lipinski definition) is 6. The first-order valence-electron chi connectivity index (χ1n) is 5.71. The third kappa shape index (κ3) is 2.63. The molecule has 0 aromatic carbocycles. The molecule has 0 bridgehead atoms. The first-order chi connectivity index (χ1) is 9.82. The maximum atomic E-state index is 11.9. The number of carbonyl (C=O) groups is 2. The number of thiophene rings is 1. The zero-order valence-electron chi connectivity index (χ0n) is 11.1. The van der Waals surface area contributed by atoms with Crippen LogP contribution in [0.15, 0.2) is 16.2 Å². The molecule has 2 aromatic rings. The molecule has 0 aliphatic carbocycles. The van der Waals surface area contributed by atoms with Crippen molar-refractivity contribution < 1.29 is 19.8 Å². The summed E-state index contributed by atoms with van der Waals surface area (Å²) in [5.41, 5.74) is -1.19. The molecule has 2 heterocycles. The third-order valence-corrected chi connectivity index (χ3v) is 3.56. The summed E-state index contributed by atoms with van der Waals surface area (Å²) >= 11 is 1.18. The minimum Gasteiger partial charge on any atom is -0.501 e. The smallest absolute Gasteiger partial charge is 0.358 e. The Balaban J connectivity index is 2.70. The van der Waals surface area contributed by atoms with Gasteiger partial charge >= 0.3 is 5.97 Å². The Morgan fingerprint density at radius 3 is 2.67 bits per heavy atom. The average Bonchev–Trinajstić information content (AvgIpc) is 2.83. The van der Waals surface area contributed by atoms with Crippen molar-refractivity contribution in [1.29, 1.82) is 0 Å². The maximum absolute atomic E-state index is 11.9. The summed E-state index contributed by atoms with van der Waals surface area (Å²) in [5.74, 6) is -2.69. The van der Waals surface area contributed by atoms with Gasteiger partial charge in [-0.3, -0.25) is 14.2 Å². The molecule has 0 aliphatic heterocycles. The summed E-state index contributed by atoms with van der Waals surface area (Å²) in [6.45, 7) is 1.33. The predicted octanol–water partition coefficient (Wildman–Crippen LogP) is 0.871. The zero-order chi connectivity index (χ0) is 15.7. The molecule has 0 saturated heterocycles. The summed E-state index contributed by atoms with van der Waals surface area (Å²) in [6, 6.07) is 1.61. The number of hydrogen-bond donors (Lipinski definition) is 3. The minimum atomic E-state index is -1.51. The van der Waals surface area contributed by atoms with Crippen LogP contribution in [-0.2, 0) is 11.8 Å². The van der Waals surface area contributed by atoms with Crippen molar-refractivity contribution in [2.45, 2.75) is 6.92 Å². The molecule has 8 nitrogen and oxygen atoms in total. The topological polar surface area (TPSA) is 122 Å². The van der Waals surface area contributed by atoms with Gasteiger partial charge in [-0.2, -0.15) is 0 Å². The van der Waals surface area contributed by atoms with E-state index in [2.05, 4.69) is 10.3 Å². The summed E-state index contributed by atoms with van der Waals surface area (Å²) in [7, 11) is 1.35. The van der Waals surface area contributed by atoms with Crippen LogP contribution in [0.2, 0.25) is 0 Å². The number of rotatable bonds is 3. The molecule has 0 saturated carbocycles. The van der Waals surface area contributed by atoms with Crippen LogP contribution in [0.1, 0.15) is 17.4 Å². The lowest BCUT2D eigenvalue weighted by molar-refractivity contribution is -0.114. The minimum absolute atomic E-state index is 0.0500. The molecule has 21 heavy (non-hydrogen) atoms. The van der Waals surface area contributed by atoms with Crippen LogP contribution in [0.4, 0.5) is 5.69 Å². The molecule has 2 aromatic heterocycles. The molecule has 1 amide bonds. The standard InChI is InChI=1S/C12H11N3O5S/c1-5(16)13-6-3-4-21-9(6)10-14-7(12(19)20)8(17)11(18)15(10)2/h3-4,17H,1-2H3,(H,13,16)(H,19,20). The van der Waals surface area contributed by atoms with Gasteiger partial charge in [-0.15, -0.1) is 11.3 Å². The highest BCUT2D eigenvalue weighted by Gasteiger charge is 2.22. The van der Waals surface area contributed by atoms with Crippen molar-refractivity contribution in [3.8, 4) is 16.5 Å². The van der Waals surface area contributed by atoms with Gasteiger partial charge in [0.2, 0.25) is 11.7 Å². The van der Waals surface area contributed by atoms with Crippen molar-refractivity contribution in [2.75, 3.05) is 5.32 Å². The van der Waals surface area contributed by atoms with Crippen LogP contribution in [0.25, 0.3) is 10.7 Å². The quantitative estimate of drug-likeness (QED) is 0.773. The summed E-state index contributed by atoms with van der Waals surface area (Å²) in [5, 5.41) is 22.8. The Labute approximate surface area is 122 Å². The van der Waals surface area contributed by atoms with Crippen LogP contribution in [0, 0.1) is 0 Å². The van der Waals surface area contributed by atoms with E-state index in [4.69, 9.17) is 5.11 Å². The van der Waals surface area contributed by atoms with E-state index in [1.54, 1.807) is 11.4 Å². The molecule has 0 radical (unpaired) electrons. The van der Waals surface area contributed by atoms with E-state index in [0.717, 1.165) is 4.57 Å². The molecule has 0 atom stereocenters. The number of aromatic nitrogens is 2. The van der Waals surface area contributed by atoms with Gasteiger partial charge < -0.3 is 15.5 Å². The van der Waals surface area contributed by atoms with E-state index in [1.165, 1.54) is 25.3 Å². The molecular weight excluding hydrogens is 298 g/mol. The lowest BCUT2D eigenvalue weighted by Crippen LogP contribution is -2.23. The van der Waals surface area contributed by atoms with Crippen LogP contribution in [-0.4, -0.2) is 31.6 Å². The third-order valence-electron chi connectivity index (χ3n) is 2.65. The van der Waals surface area contributed by atoms with E-state index < -0.39 is 23.0 Å². The highest BCUT2D eigenvalue weighted by molar-refractivity contribution is 7.14. The summed E-state index contributed by atoms with van der Waals surface area (Å²) in [6.07, 6.45) is 0. The van der Waals surface area contributed by atoms with Gasteiger partial charge in [0.25, 0.3) is 5.56 Å². The lowest BCUT2D eigenvalue weighted by Gasteiger charge is -2.10. The molecule has 3 N–H and O–H groups in total. The predicted molar refractivity (Wildman–Crippen MR) is 75.7 cm³/mol. The van der Waals surface area contributed by atoms with Crippen molar-refractivity contribution in [3.63, 3.8) is 0 Å². The van der Waals surface area contributed by atoms with Gasteiger partial charge in [0.15, 0.2) is 11.5 Å². The van der Waals surface area contributed by atoms with Gasteiger partial charge in [0, 0.05) is 14.0 Å². The Morgan fingerprint density at radius 1 is 1.43 bits per heavy atom. The Kier molecular flexibility index (Phi) is 3.76. The van der Waals surface area contributed by atoms with Gasteiger partial charge in [0.05, 0.1) is 10.6 Å². The Bertz CT molecular complexity index is 793. The number of carboxylic acids is 1. The number of nitrogens with one attached hydrogen (secondary N) is 1. The number of nitrogens with zero attached hydrogens (tertiary/aromatic N) is 2.